The van der Waals surface area contributed by atoms with Crippen LogP contribution in [0, 0.1) is 0 Å². The fraction of sp³-hybridized carbons (Fsp3) is 0.476. The number of alkyl halides is 3. The number of nitrogens with zero attached hydrogens (tertiary/aromatic N) is 5. The monoisotopic (exact) mass is 531 g/mol. The van der Waals surface area contributed by atoms with Gasteiger partial charge in [0.2, 0.25) is 0 Å². The van der Waals surface area contributed by atoms with Gasteiger partial charge < -0.3 is 9.13 Å². The smallest absolute Gasteiger partial charge is 0.321 e. The average molecular weight is 532 g/mol. The van der Waals surface area contributed by atoms with E-state index in [-0.39, 0.29) is 50.7 Å². The summed E-state index contributed by atoms with van der Waals surface area (Å²) in [5.41, 5.74) is -2.41. The molecule has 0 N–H and O–H groups in total. The molecule has 0 spiro atoms. The van der Waals surface area contributed by atoms with Crippen LogP contribution in [-0.4, -0.2) is 49.0 Å². The third-order valence-corrected chi connectivity index (χ3v) is 9.96. The van der Waals surface area contributed by atoms with Gasteiger partial charge in [0, 0.05) is 25.1 Å². The van der Waals surface area contributed by atoms with Gasteiger partial charge in [-0.1, -0.05) is 6.92 Å². The van der Waals surface area contributed by atoms with E-state index in [4.69, 9.17) is 0 Å². The predicted octanol–water partition coefficient (Wildman–Crippen LogP) is 3.52. The van der Waals surface area contributed by atoms with Crippen LogP contribution in [0.3, 0.4) is 0 Å². The van der Waals surface area contributed by atoms with Crippen LogP contribution in [0.4, 0.5) is 18.9 Å². The highest BCUT2D eigenvalue weighted by molar-refractivity contribution is 7.94. The molecule has 0 radical (unpaired) electrons. The molecule has 1 aliphatic rings. The number of aryl methyl sites for hydroxylation is 1. The van der Waals surface area contributed by atoms with Crippen molar-refractivity contribution in [3.63, 3.8) is 0 Å². The molecule has 0 aromatic carbocycles. The van der Waals surface area contributed by atoms with Crippen LogP contribution in [0.25, 0.3) is 22.6 Å². The van der Waals surface area contributed by atoms with Crippen molar-refractivity contribution in [2.45, 2.75) is 49.6 Å². The molecule has 35 heavy (non-hydrogen) atoms. The Morgan fingerprint density at radius 2 is 1.83 bits per heavy atom. The predicted molar refractivity (Wildman–Crippen MR) is 126 cm³/mol. The van der Waals surface area contributed by atoms with Crippen LogP contribution >= 0.6 is 0 Å². The number of imidazole rings is 1. The number of hydrogen-bond acceptors (Lipinski definition) is 7. The van der Waals surface area contributed by atoms with Crippen molar-refractivity contribution >= 4 is 36.3 Å². The van der Waals surface area contributed by atoms with E-state index in [1.807, 2.05) is 0 Å². The minimum absolute atomic E-state index is 0.0585. The minimum atomic E-state index is -4.78. The highest BCUT2D eigenvalue weighted by Gasteiger charge is 2.36. The zero-order valence-electron chi connectivity index (χ0n) is 19.5. The number of pyridine rings is 2. The Kier molecular flexibility index (Phi) is 6.11. The number of rotatable bonds is 6. The lowest BCUT2D eigenvalue weighted by Gasteiger charge is -2.14. The number of halogens is 3. The lowest BCUT2D eigenvalue weighted by Crippen LogP contribution is -2.28. The SMILES string of the molecule is CCn1c(C(F)(F)F)cc2nc(-c3ncc(N=S(C)(=O)C4CC4)cc3S(=O)(=O)CC)n(C)c2c1=O. The number of aromatic nitrogens is 4. The fourth-order valence-electron chi connectivity index (χ4n) is 3.91. The molecule has 1 fully saturated rings. The summed E-state index contributed by atoms with van der Waals surface area (Å²) in [6, 6.07) is 2.01. The van der Waals surface area contributed by atoms with Crippen molar-refractivity contribution in [3.8, 4) is 11.5 Å². The van der Waals surface area contributed by atoms with Gasteiger partial charge in [-0.05, 0) is 31.9 Å². The zero-order valence-corrected chi connectivity index (χ0v) is 21.1. The van der Waals surface area contributed by atoms with Crippen LogP contribution in [0.5, 0.6) is 0 Å². The highest BCUT2D eigenvalue weighted by Crippen LogP contribution is 2.35. The Bertz CT molecular complexity index is 1630. The van der Waals surface area contributed by atoms with Gasteiger partial charge in [-0.2, -0.15) is 17.5 Å². The maximum absolute atomic E-state index is 13.6. The lowest BCUT2D eigenvalue weighted by molar-refractivity contribution is -0.144. The van der Waals surface area contributed by atoms with Gasteiger partial charge in [-0.3, -0.25) is 4.79 Å². The summed E-state index contributed by atoms with van der Waals surface area (Å²) in [7, 11) is -5.07. The van der Waals surface area contributed by atoms with E-state index in [1.165, 1.54) is 44.0 Å². The van der Waals surface area contributed by atoms with Gasteiger partial charge in [0.05, 0.1) is 37.8 Å². The summed E-state index contributed by atoms with van der Waals surface area (Å²) < 4.78 is 85.4. The van der Waals surface area contributed by atoms with Crippen molar-refractivity contribution in [1.82, 2.24) is 19.1 Å². The second kappa shape index (κ2) is 8.43. The van der Waals surface area contributed by atoms with E-state index in [1.54, 1.807) is 0 Å². The molecule has 0 aliphatic heterocycles. The Morgan fingerprint density at radius 3 is 2.37 bits per heavy atom. The molecule has 1 aliphatic carbocycles. The molecule has 3 aromatic rings. The molecular weight excluding hydrogens is 507 g/mol. The molecule has 3 heterocycles. The van der Waals surface area contributed by atoms with Crippen LogP contribution in [0.1, 0.15) is 32.4 Å². The molecular formula is C21H24F3N5O4S2. The highest BCUT2D eigenvalue weighted by atomic mass is 32.2. The minimum Gasteiger partial charge on any atom is -0.321 e. The molecule has 1 atom stereocenters. The average Bonchev–Trinajstić information content (AvgIpc) is 3.58. The largest absolute Gasteiger partial charge is 0.431 e. The fourth-order valence-corrected chi connectivity index (χ4v) is 6.64. The van der Waals surface area contributed by atoms with Gasteiger partial charge in [-0.25, -0.2) is 22.6 Å². The third-order valence-electron chi connectivity index (χ3n) is 5.94. The first-order chi connectivity index (χ1) is 16.2. The van der Waals surface area contributed by atoms with E-state index >= 15 is 0 Å². The van der Waals surface area contributed by atoms with Crippen LogP contribution in [0.15, 0.2) is 32.4 Å². The molecule has 0 saturated heterocycles. The van der Waals surface area contributed by atoms with E-state index in [9.17, 15) is 30.6 Å². The number of fused-ring (bicyclic) bond motifs is 1. The molecule has 0 bridgehead atoms. The maximum atomic E-state index is 13.6. The van der Waals surface area contributed by atoms with Gasteiger partial charge in [0.1, 0.15) is 16.9 Å². The molecule has 1 unspecified atom stereocenters. The second-order valence-electron chi connectivity index (χ2n) is 8.40. The summed E-state index contributed by atoms with van der Waals surface area (Å²) in [6.07, 6.45) is -0.470. The maximum Gasteiger partial charge on any atom is 0.431 e. The van der Waals surface area contributed by atoms with Crippen LogP contribution < -0.4 is 5.56 Å². The normalized spacial score (nSPS) is 16.4. The van der Waals surface area contributed by atoms with Crippen molar-refractivity contribution in [2.75, 3.05) is 12.0 Å². The van der Waals surface area contributed by atoms with Crippen molar-refractivity contribution in [3.05, 3.63) is 34.4 Å². The molecule has 190 valence electrons. The van der Waals surface area contributed by atoms with Gasteiger partial charge in [0.15, 0.2) is 15.7 Å². The first kappa shape index (κ1) is 25.4. The van der Waals surface area contributed by atoms with Crippen LogP contribution in [0.2, 0.25) is 0 Å². The molecule has 14 heteroatoms. The topological polar surface area (TPSA) is 116 Å². The molecule has 1 saturated carbocycles. The first-order valence-corrected chi connectivity index (χ1v) is 14.5. The molecule has 4 rings (SSSR count). The van der Waals surface area contributed by atoms with Gasteiger partial charge in [0.25, 0.3) is 5.56 Å². The Hall–Kier alpha value is -2.74. The zero-order chi connectivity index (χ0) is 25.9. The van der Waals surface area contributed by atoms with Crippen molar-refractivity contribution in [2.24, 2.45) is 11.4 Å². The summed E-state index contributed by atoms with van der Waals surface area (Å²) >= 11 is 0. The van der Waals surface area contributed by atoms with Gasteiger partial charge in [-0.15, -0.1) is 0 Å². The lowest BCUT2D eigenvalue weighted by atomic mass is 10.3. The first-order valence-electron chi connectivity index (χ1n) is 10.8. The van der Waals surface area contributed by atoms with Crippen molar-refractivity contribution in [1.29, 1.82) is 0 Å². The number of hydrogen-bond donors (Lipinski definition) is 0. The second-order valence-corrected chi connectivity index (χ2v) is 13.2. The van der Waals surface area contributed by atoms with Crippen LogP contribution in [-0.2, 0) is 39.3 Å². The summed E-state index contributed by atoms with van der Waals surface area (Å²) in [5.74, 6) is -0.378. The molecule has 0 amide bonds. The molecule has 9 nitrogen and oxygen atoms in total. The summed E-state index contributed by atoms with van der Waals surface area (Å²) in [4.78, 5) is 21.1. The summed E-state index contributed by atoms with van der Waals surface area (Å²) in [6.45, 7) is 2.63. The van der Waals surface area contributed by atoms with Gasteiger partial charge >= 0.3 is 6.18 Å². The Labute approximate surface area is 200 Å². The Morgan fingerprint density at radius 1 is 1.17 bits per heavy atom. The van der Waals surface area contributed by atoms with E-state index in [2.05, 4.69) is 14.3 Å². The van der Waals surface area contributed by atoms with E-state index in [0.29, 0.717) is 4.57 Å². The summed E-state index contributed by atoms with van der Waals surface area (Å²) in [5, 5.41) is -0.0585. The molecule has 3 aromatic heterocycles. The van der Waals surface area contributed by atoms with E-state index < -0.39 is 37.0 Å². The standard InChI is InChI=1S/C21H24F3N5O4S2/c1-5-29-16(21(22,23)24)10-14-18(20(29)30)28(3)19(26-14)17-15(35(32,33)6-2)9-12(11-25-17)27-34(4,31)13-7-8-13/h9-11,13H,5-8H2,1-4H3. The van der Waals surface area contributed by atoms with Crippen molar-refractivity contribution < 1.29 is 25.8 Å². The Balaban J connectivity index is 2.01. The number of sulfone groups is 1. The van der Waals surface area contributed by atoms with E-state index in [0.717, 1.165) is 18.9 Å². The third kappa shape index (κ3) is 4.48. The quantitative estimate of drug-likeness (QED) is 0.481.